The van der Waals surface area contributed by atoms with Crippen molar-refractivity contribution >= 4 is 45.9 Å². The van der Waals surface area contributed by atoms with E-state index in [-0.39, 0.29) is 24.0 Å². The number of nitrogens with zero attached hydrogens (tertiary/aromatic N) is 2. The van der Waals surface area contributed by atoms with Crippen LogP contribution in [-0.4, -0.2) is 37.3 Å². The average Bonchev–Trinajstić information content (AvgIpc) is 3.04. The maximum Gasteiger partial charge on any atom is 0.191 e. The van der Waals surface area contributed by atoms with Gasteiger partial charge in [0.1, 0.15) is 12.4 Å². The Balaban J connectivity index is 0.00000264. The van der Waals surface area contributed by atoms with Gasteiger partial charge in [-0.25, -0.2) is 0 Å². The first kappa shape index (κ1) is 19.8. The van der Waals surface area contributed by atoms with Gasteiger partial charge in [0.05, 0.1) is 6.54 Å². The summed E-state index contributed by atoms with van der Waals surface area (Å²) in [6.45, 7) is 3.00. The zero-order valence-corrected chi connectivity index (χ0v) is 17.0. The van der Waals surface area contributed by atoms with Crippen molar-refractivity contribution in [2.24, 2.45) is 4.99 Å². The molecule has 2 aromatic rings. The molecular weight excluding hydrogens is 471 g/mol. The predicted molar refractivity (Wildman–Crippen MR) is 109 cm³/mol. The molecule has 0 saturated carbocycles. The fourth-order valence-electron chi connectivity index (χ4n) is 1.91. The number of rotatable bonds is 7. The van der Waals surface area contributed by atoms with Gasteiger partial charge in [0.25, 0.3) is 0 Å². The molecule has 0 aliphatic carbocycles. The van der Waals surface area contributed by atoms with Crippen molar-refractivity contribution in [1.29, 1.82) is 0 Å². The molecule has 0 bridgehead atoms. The molecule has 1 aromatic heterocycles. The molecule has 0 saturated heterocycles. The summed E-state index contributed by atoms with van der Waals surface area (Å²) in [5.41, 5.74) is 0. The summed E-state index contributed by atoms with van der Waals surface area (Å²) in [5, 5.41) is 6.50. The van der Waals surface area contributed by atoms with E-state index < -0.39 is 0 Å². The van der Waals surface area contributed by atoms with E-state index in [1.807, 2.05) is 48.8 Å². The van der Waals surface area contributed by atoms with Crippen LogP contribution in [0.2, 0.25) is 0 Å². The normalized spacial score (nSPS) is 10.8. The molecule has 7 heteroatoms. The highest BCUT2D eigenvalue weighted by molar-refractivity contribution is 14.0. The van der Waals surface area contributed by atoms with Crippen LogP contribution in [0.15, 0.2) is 58.3 Å². The minimum absolute atomic E-state index is 0. The number of aliphatic imine (C=N–C) groups is 1. The van der Waals surface area contributed by atoms with Crippen LogP contribution >= 0.6 is 39.9 Å². The number of benzene rings is 1. The van der Waals surface area contributed by atoms with Gasteiger partial charge in [-0.15, -0.1) is 24.0 Å². The topological polar surface area (TPSA) is 50.6 Å². The molecule has 0 aliphatic rings. The Morgan fingerprint density at radius 1 is 1.13 bits per heavy atom. The molecule has 0 unspecified atom stereocenters. The summed E-state index contributed by atoms with van der Waals surface area (Å²) in [6.07, 6.45) is 4.09. The van der Waals surface area contributed by atoms with Crippen molar-refractivity contribution in [1.82, 2.24) is 15.2 Å². The van der Waals surface area contributed by atoms with Crippen molar-refractivity contribution in [3.05, 3.63) is 53.3 Å². The maximum atomic E-state index is 5.65. The Morgan fingerprint density at radius 2 is 1.78 bits per heavy atom. The number of guanidine groups is 1. The summed E-state index contributed by atoms with van der Waals surface area (Å²) in [4.78, 5) is 4.19. The lowest BCUT2D eigenvalue weighted by atomic mass is 10.3. The summed E-state index contributed by atoms with van der Waals surface area (Å²) in [6, 6.07) is 11.8. The van der Waals surface area contributed by atoms with Crippen LogP contribution in [0.4, 0.5) is 0 Å². The lowest BCUT2D eigenvalue weighted by Crippen LogP contribution is -2.40. The smallest absolute Gasteiger partial charge is 0.191 e. The van der Waals surface area contributed by atoms with Gasteiger partial charge in [-0.2, -0.15) is 0 Å². The lowest BCUT2D eigenvalue weighted by molar-refractivity contribution is 0.322. The Kier molecular flexibility index (Phi) is 9.77. The molecule has 1 heterocycles. The molecule has 2 N–H and O–H groups in total. The Labute approximate surface area is 162 Å². The minimum atomic E-state index is 0. The molecule has 0 spiro atoms. The van der Waals surface area contributed by atoms with Crippen molar-refractivity contribution in [2.45, 2.75) is 6.54 Å². The van der Waals surface area contributed by atoms with Crippen molar-refractivity contribution < 1.29 is 4.74 Å². The second kappa shape index (κ2) is 11.3. The van der Waals surface area contributed by atoms with Crippen LogP contribution in [0.5, 0.6) is 5.75 Å². The third kappa shape index (κ3) is 7.74. The quantitative estimate of drug-likeness (QED) is 0.270. The molecule has 126 valence electrons. The number of hydrogen-bond donors (Lipinski definition) is 2. The van der Waals surface area contributed by atoms with E-state index in [2.05, 4.69) is 36.1 Å². The molecule has 2 rings (SSSR count). The summed E-state index contributed by atoms with van der Waals surface area (Å²) >= 11 is 3.40. The fraction of sp³-hybridized carbons (Fsp3) is 0.312. The van der Waals surface area contributed by atoms with E-state index in [1.165, 1.54) is 0 Å². The van der Waals surface area contributed by atoms with Crippen LogP contribution in [0.25, 0.3) is 0 Å². The molecule has 0 amide bonds. The highest BCUT2D eigenvalue weighted by atomic mass is 127. The standard InChI is InChI=1S/C16H21BrN4O.HI/c1-18-16(19-8-12-21-10-2-3-11-21)20-9-13-22-15-6-4-14(17)5-7-15;/h2-7,10-11H,8-9,12-13H2,1H3,(H2,18,19,20);1H. The van der Waals surface area contributed by atoms with E-state index in [0.29, 0.717) is 13.2 Å². The van der Waals surface area contributed by atoms with Crippen molar-refractivity contribution in [3.63, 3.8) is 0 Å². The van der Waals surface area contributed by atoms with Gasteiger partial charge in [-0.3, -0.25) is 4.99 Å². The largest absolute Gasteiger partial charge is 0.492 e. The maximum absolute atomic E-state index is 5.65. The average molecular weight is 493 g/mol. The highest BCUT2D eigenvalue weighted by Crippen LogP contribution is 2.15. The molecule has 5 nitrogen and oxygen atoms in total. The van der Waals surface area contributed by atoms with Crippen molar-refractivity contribution in [3.8, 4) is 5.75 Å². The van der Waals surface area contributed by atoms with Crippen LogP contribution in [-0.2, 0) is 6.54 Å². The van der Waals surface area contributed by atoms with Crippen LogP contribution < -0.4 is 15.4 Å². The Bertz CT molecular complexity index is 572. The first-order valence-electron chi connectivity index (χ1n) is 7.21. The first-order valence-corrected chi connectivity index (χ1v) is 8.01. The van der Waals surface area contributed by atoms with Crippen molar-refractivity contribution in [2.75, 3.05) is 26.7 Å². The van der Waals surface area contributed by atoms with E-state index in [0.717, 1.165) is 29.3 Å². The van der Waals surface area contributed by atoms with Gasteiger partial charge in [0.2, 0.25) is 0 Å². The van der Waals surface area contributed by atoms with Crippen LogP contribution in [0.1, 0.15) is 0 Å². The minimum Gasteiger partial charge on any atom is -0.492 e. The Morgan fingerprint density at radius 3 is 2.43 bits per heavy atom. The van der Waals surface area contributed by atoms with Crippen LogP contribution in [0.3, 0.4) is 0 Å². The number of ether oxygens (including phenoxy) is 1. The summed E-state index contributed by atoms with van der Waals surface area (Å²) in [7, 11) is 1.76. The van der Waals surface area contributed by atoms with Gasteiger partial charge in [-0.1, -0.05) is 15.9 Å². The van der Waals surface area contributed by atoms with E-state index in [9.17, 15) is 0 Å². The number of aromatic nitrogens is 1. The molecular formula is C16H22BrIN4O. The van der Waals surface area contributed by atoms with Gasteiger partial charge in [0.15, 0.2) is 5.96 Å². The zero-order valence-electron chi connectivity index (χ0n) is 13.0. The number of nitrogens with one attached hydrogen (secondary N) is 2. The SMILES string of the molecule is CN=C(NCCOc1ccc(Br)cc1)NCCn1cccc1.I. The molecule has 0 radical (unpaired) electrons. The van der Waals surface area contributed by atoms with Gasteiger partial charge in [-0.05, 0) is 36.4 Å². The first-order chi connectivity index (χ1) is 10.8. The highest BCUT2D eigenvalue weighted by Gasteiger charge is 1.98. The summed E-state index contributed by atoms with van der Waals surface area (Å²) < 4.78 is 8.82. The fourth-order valence-corrected chi connectivity index (χ4v) is 2.18. The second-order valence-corrected chi connectivity index (χ2v) is 5.56. The van der Waals surface area contributed by atoms with Gasteiger partial charge in [0, 0.05) is 37.0 Å². The Hall–Kier alpha value is -1.22. The lowest BCUT2D eigenvalue weighted by Gasteiger charge is -2.13. The van der Waals surface area contributed by atoms with Crippen LogP contribution in [0, 0.1) is 0 Å². The number of halogens is 2. The van der Waals surface area contributed by atoms with E-state index >= 15 is 0 Å². The molecule has 1 aromatic carbocycles. The second-order valence-electron chi connectivity index (χ2n) is 4.65. The number of hydrogen-bond acceptors (Lipinski definition) is 2. The monoisotopic (exact) mass is 492 g/mol. The third-order valence-corrected chi connectivity index (χ3v) is 3.56. The van der Waals surface area contributed by atoms with Gasteiger partial charge >= 0.3 is 0 Å². The third-order valence-electron chi connectivity index (χ3n) is 3.03. The molecule has 23 heavy (non-hydrogen) atoms. The molecule has 0 fully saturated rings. The predicted octanol–water partition coefficient (Wildman–Crippen LogP) is 3.11. The van der Waals surface area contributed by atoms with E-state index in [1.54, 1.807) is 7.05 Å². The molecule has 0 atom stereocenters. The zero-order chi connectivity index (χ0) is 15.6. The molecule has 0 aliphatic heterocycles. The summed E-state index contributed by atoms with van der Waals surface area (Å²) in [5.74, 6) is 1.65. The van der Waals surface area contributed by atoms with E-state index in [4.69, 9.17) is 4.74 Å². The van der Waals surface area contributed by atoms with Gasteiger partial charge < -0.3 is 19.9 Å².